The molecule has 0 saturated heterocycles. The molecule has 0 aliphatic rings. The normalized spacial score (nSPS) is 12.2. The number of nitro benzene ring substituents is 1. The summed E-state index contributed by atoms with van der Waals surface area (Å²) >= 11 is 0. The van der Waals surface area contributed by atoms with Gasteiger partial charge in [0, 0.05) is 48.4 Å². The fraction of sp³-hybridized carbons (Fsp3) is 0.0833. The zero-order valence-corrected chi connectivity index (χ0v) is 18.0. The maximum Gasteiger partial charge on any atom is 0.269 e. The third kappa shape index (κ3) is 5.30. The second-order valence-electron chi connectivity index (χ2n) is 7.39. The van der Waals surface area contributed by atoms with Gasteiger partial charge in [-0.1, -0.05) is 18.2 Å². The molecule has 34 heavy (non-hydrogen) atoms. The van der Waals surface area contributed by atoms with Crippen molar-refractivity contribution >= 4 is 17.3 Å². The standard InChI is InChI=1S/C24H21N7O3/c25-24(21-3-1-2-12-27-21)29-28-22(17-4-10-20(11-5-17)31(33)34)15-23(32)18-6-8-19(9-7-18)30-14-13-26-16-30/h1-14,16,22,28H,15H2,(H2,25,29). The topological polar surface area (TPSA) is 141 Å². The molecular formula is C24H21N7O3. The van der Waals surface area contributed by atoms with Gasteiger partial charge >= 0.3 is 0 Å². The number of hydrogen-bond donors (Lipinski definition) is 2. The number of benzene rings is 2. The van der Waals surface area contributed by atoms with E-state index in [1.54, 1.807) is 61.2 Å². The number of amidine groups is 1. The average molecular weight is 455 g/mol. The number of nitrogens with two attached hydrogens (primary N) is 1. The summed E-state index contributed by atoms with van der Waals surface area (Å²) < 4.78 is 1.84. The molecular weight excluding hydrogens is 434 g/mol. The lowest BCUT2D eigenvalue weighted by molar-refractivity contribution is -0.384. The molecule has 0 saturated carbocycles. The zero-order valence-electron chi connectivity index (χ0n) is 18.0. The second kappa shape index (κ2) is 10.2. The molecule has 4 rings (SSSR count). The molecule has 0 radical (unpaired) electrons. The van der Waals surface area contributed by atoms with E-state index in [1.807, 2.05) is 22.9 Å². The maximum atomic E-state index is 13.1. The number of imidazole rings is 1. The predicted octanol–water partition coefficient (Wildman–Crippen LogP) is 3.40. The number of nitrogens with one attached hydrogen (secondary N) is 1. The Bertz CT molecular complexity index is 1290. The summed E-state index contributed by atoms with van der Waals surface area (Å²) in [4.78, 5) is 31.8. The van der Waals surface area contributed by atoms with Crippen LogP contribution in [0, 0.1) is 10.1 Å². The van der Waals surface area contributed by atoms with Gasteiger partial charge in [0.2, 0.25) is 0 Å². The van der Waals surface area contributed by atoms with Crippen LogP contribution in [-0.2, 0) is 0 Å². The first-order valence-corrected chi connectivity index (χ1v) is 10.4. The molecule has 2 aromatic carbocycles. The highest BCUT2D eigenvalue weighted by Crippen LogP contribution is 2.23. The lowest BCUT2D eigenvalue weighted by Crippen LogP contribution is -2.25. The number of nitro groups is 1. The van der Waals surface area contributed by atoms with Gasteiger partial charge in [-0.15, -0.1) is 0 Å². The van der Waals surface area contributed by atoms with Crippen molar-refractivity contribution in [2.75, 3.05) is 0 Å². The molecule has 1 atom stereocenters. The van der Waals surface area contributed by atoms with Gasteiger partial charge in [-0.2, -0.15) is 5.10 Å². The summed E-state index contributed by atoms with van der Waals surface area (Å²) in [6.45, 7) is 0. The summed E-state index contributed by atoms with van der Waals surface area (Å²) in [5.74, 6) is 0.0317. The molecule has 3 N–H and O–H groups in total. The van der Waals surface area contributed by atoms with Crippen molar-refractivity contribution in [1.82, 2.24) is 20.0 Å². The number of carbonyl (C=O) groups is 1. The molecule has 2 aromatic heterocycles. The Balaban J connectivity index is 1.55. The lowest BCUT2D eigenvalue weighted by atomic mass is 9.98. The summed E-state index contributed by atoms with van der Waals surface area (Å²) in [6.07, 6.45) is 6.82. The smallest absolute Gasteiger partial charge is 0.269 e. The van der Waals surface area contributed by atoms with E-state index in [0.29, 0.717) is 16.8 Å². The van der Waals surface area contributed by atoms with Crippen molar-refractivity contribution in [3.63, 3.8) is 0 Å². The molecule has 10 heteroatoms. The summed E-state index contributed by atoms with van der Waals surface area (Å²) in [7, 11) is 0. The number of hydrazone groups is 1. The van der Waals surface area contributed by atoms with Gasteiger partial charge in [0.15, 0.2) is 11.6 Å². The number of rotatable bonds is 9. The van der Waals surface area contributed by atoms with Crippen LogP contribution in [0.2, 0.25) is 0 Å². The van der Waals surface area contributed by atoms with Gasteiger partial charge in [-0.05, 0) is 42.0 Å². The number of aromatic nitrogens is 3. The Hall–Kier alpha value is -4.86. The van der Waals surface area contributed by atoms with Crippen molar-refractivity contribution in [2.24, 2.45) is 10.8 Å². The van der Waals surface area contributed by atoms with E-state index >= 15 is 0 Å². The van der Waals surface area contributed by atoms with Crippen LogP contribution in [0.4, 0.5) is 5.69 Å². The van der Waals surface area contributed by atoms with Crippen LogP contribution in [-0.4, -0.2) is 31.1 Å². The van der Waals surface area contributed by atoms with Crippen LogP contribution in [0.5, 0.6) is 0 Å². The van der Waals surface area contributed by atoms with E-state index in [0.717, 1.165) is 5.69 Å². The fourth-order valence-electron chi connectivity index (χ4n) is 3.32. The third-order valence-electron chi connectivity index (χ3n) is 5.16. The Morgan fingerprint density at radius 2 is 1.85 bits per heavy atom. The SMILES string of the molecule is N/C(=N/NC(CC(=O)c1ccc(-n2ccnc2)cc1)c1ccc([N+](=O)[O-])cc1)c1ccccn1. The Labute approximate surface area is 194 Å². The second-order valence-corrected chi connectivity index (χ2v) is 7.39. The van der Waals surface area contributed by atoms with Crippen LogP contribution in [0.15, 0.2) is 96.7 Å². The van der Waals surface area contributed by atoms with E-state index in [9.17, 15) is 14.9 Å². The van der Waals surface area contributed by atoms with Gasteiger partial charge in [0.25, 0.3) is 5.69 Å². The first kappa shape index (κ1) is 22.3. The molecule has 10 nitrogen and oxygen atoms in total. The van der Waals surface area contributed by atoms with Gasteiger partial charge in [-0.25, -0.2) is 4.98 Å². The third-order valence-corrected chi connectivity index (χ3v) is 5.16. The Kier molecular flexibility index (Phi) is 6.68. The van der Waals surface area contributed by atoms with Crippen molar-refractivity contribution in [3.05, 3.63) is 119 Å². The number of nitrogens with zero attached hydrogens (tertiary/aromatic N) is 5. The minimum atomic E-state index is -0.566. The van der Waals surface area contributed by atoms with Crippen LogP contribution in [0.25, 0.3) is 5.69 Å². The van der Waals surface area contributed by atoms with Crippen LogP contribution >= 0.6 is 0 Å². The quantitative estimate of drug-likeness (QED) is 0.129. The largest absolute Gasteiger partial charge is 0.380 e. The van der Waals surface area contributed by atoms with Crippen molar-refractivity contribution in [3.8, 4) is 5.69 Å². The zero-order chi connectivity index (χ0) is 23.9. The minimum absolute atomic E-state index is 0.0413. The summed E-state index contributed by atoms with van der Waals surface area (Å²) in [5.41, 5.74) is 11.5. The Morgan fingerprint density at radius 1 is 1.09 bits per heavy atom. The van der Waals surface area contributed by atoms with Crippen molar-refractivity contribution < 1.29 is 9.72 Å². The maximum absolute atomic E-state index is 13.1. The molecule has 170 valence electrons. The highest BCUT2D eigenvalue weighted by Gasteiger charge is 2.19. The fourth-order valence-corrected chi connectivity index (χ4v) is 3.32. The van der Waals surface area contributed by atoms with E-state index in [2.05, 4.69) is 20.5 Å². The molecule has 0 aliphatic heterocycles. The summed E-state index contributed by atoms with van der Waals surface area (Å²) in [5, 5.41) is 15.2. The highest BCUT2D eigenvalue weighted by atomic mass is 16.6. The van der Waals surface area contributed by atoms with E-state index in [4.69, 9.17) is 5.73 Å². The number of hydrogen-bond acceptors (Lipinski definition) is 7. The van der Waals surface area contributed by atoms with Crippen LogP contribution in [0.1, 0.15) is 34.1 Å². The minimum Gasteiger partial charge on any atom is -0.380 e. The van der Waals surface area contributed by atoms with Gasteiger partial charge in [0.05, 0.1) is 17.3 Å². The van der Waals surface area contributed by atoms with Crippen LogP contribution in [0.3, 0.4) is 0 Å². The number of ketones is 1. The molecule has 0 spiro atoms. The first-order chi connectivity index (χ1) is 16.5. The molecule has 4 aromatic rings. The number of Topliss-reactive ketones (excluding diaryl/α,β-unsaturated/α-hetero) is 1. The molecule has 0 aliphatic carbocycles. The number of carbonyl (C=O) groups excluding carboxylic acids is 1. The summed E-state index contributed by atoms with van der Waals surface area (Å²) in [6, 6.07) is 17.8. The van der Waals surface area contributed by atoms with Crippen molar-refractivity contribution in [2.45, 2.75) is 12.5 Å². The Morgan fingerprint density at radius 3 is 2.47 bits per heavy atom. The number of non-ortho nitro benzene ring substituents is 1. The number of pyridine rings is 1. The molecule has 2 heterocycles. The van der Waals surface area contributed by atoms with E-state index in [-0.39, 0.29) is 23.7 Å². The highest BCUT2D eigenvalue weighted by molar-refractivity contribution is 5.97. The monoisotopic (exact) mass is 455 g/mol. The molecule has 0 bridgehead atoms. The average Bonchev–Trinajstić information content (AvgIpc) is 3.42. The van der Waals surface area contributed by atoms with Gasteiger partial charge in [0.1, 0.15) is 5.69 Å². The van der Waals surface area contributed by atoms with Gasteiger partial charge in [-0.3, -0.25) is 19.9 Å². The lowest BCUT2D eigenvalue weighted by Gasteiger charge is -2.17. The van der Waals surface area contributed by atoms with Crippen LogP contribution < -0.4 is 11.2 Å². The van der Waals surface area contributed by atoms with E-state index in [1.165, 1.54) is 12.1 Å². The van der Waals surface area contributed by atoms with Gasteiger partial charge < -0.3 is 15.7 Å². The van der Waals surface area contributed by atoms with Crippen molar-refractivity contribution in [1.29, 1.82) is 0 Å². The molecule has 1 unspecified atom stereocenters. The van der Waals surface area contributed by atoms with E-state index < -0.39 is 11.0 Å². The predicted molar refractivity (Wildman–Crippen MR) is 126 cm³/mol. The first-order valence-electron chi connectivity index (χ1n) is 10.4. The molecule has 0 fully saturated rings. The molecule has 0 amide bonds.